The van der Waals surface area contributed by atoms with Crippen molar-refractivity contribution in [2.24, 2.45) is 5.41 Å². The molecule has 1 aromatic rings. The van der Waals surface area contributed by atoms with Gasteiger partial charge >= 0.3 is 0 Å². The Morgan fingerprint density at radius 1 is 1.42 bits per heavy atom. The van der Waals surface area contributed by atoms with Crippen LogP contribution in [0.4, 0.5) is 5.69 Å². The van der Waals surface area contributed by atoms with Crippen molar-refractivity contribution in [2.75, 3.05) is 5.32 Å². The molecular formula is C15H18N2O2. The lowest BCUT2D eigenvalue weighted by molar-refractivity contribution is -0.122. The van der Waals surface area contributed by atoms with E-state index in [1.54, 1.807) is 39.0 Å². The highest BCUT2D eigenvalue weighted by atomic mass is 16.3. The maximum Gasteiger partial charge on any atom is 0.180 e. The molecule has 4 heteroatoms. The van der Waals surface area contributed by atoms with Gasteiger partial charge in [0.25, 0.3) is 0 Å². The van der Waals surface area contributed by atoms with Gasteiger partial charge in [-0.2, -0.15) is 5.26 Å². The molecule has 0 atom stereocenters. The monoisotopic (exact) mass is 258 g/mol. The highest BCUT2D eigenvalue weighted by Crippen LogP contribution is 2.22. The number of Topliss-reactive ketones (excluding diaryl/α,β-unsaturated/α-hetero) is 1. The van der Waals surface area contributed by atoms with Crippen LogP contribution in [0.3, 0.4) is 0 Å². The summed E-state index contributed by atoms with van der Waals surface area (Å²) in [5, 5.41) is 21.3. The van der Waals surface area contributed by atoms with Gasteiger partial charge in [0.15, 0.2) is 5.78 Å². The molecule has 0 saturated heterocycles. The minimum absolute atomic E-state index is 0.0833. The van der Waals surface area contributed by atoms with Crippen molar-refractivity contribution in [3.05, 3.63) is 35.5 Å². The summed E-state index contributed by atoms with van der Waals surface area (Å²) in [5.41, 5.74) is 1.07. The van der Waals surface area contributed by atoms with E-state index in [-0.39, 0.29) is 17.1 Å². The predicted molar refractivity (Wildman–Crippen MR) is 74.6 cm³/mol. The molecule has 4 nitrogen and oxygen atoms in total. The van der Waals surface area contributed by atoms with E-state index in [1.165, 1.54) is 6.20 Å². The normalized spacial score (nSPS) is 11.8. The smallest absolute Gasteiger partial charge is 0.180 e. The average molecular weight is 258 g/mol. The van der Waals surface area contributed by atoms with E-state index in [2.05, 4.69) is 5.32 Å². The molecule has 0 saturated carbocycles. The van der Waals surface area contributed by atoms with E-state index in [4.69, 9.17) is 5.26 Å². The minimum Gasteiger partial charge on any atom is -0.508 e. The summed E-state index contributed by atoms with van der Waals surface area (Å²) in [6.45, 7) is 7.14. The zero-order valence-electron chi connectivity index (χ0n) is 11.6. The lowest BCUT2D eigenvalue weighted by Gasteiger charge is -2.15. The van der Waals surface area contributed by atoms with Crippen molar-refractivity contribution in [1.82, 2.24) is 0 Å². The van der Waals surface area contributed by atoms with Crippen molar-refractivity contribution >= 4 is 11.5 Å². The second-order valence-electron chi connectivity index (χ2n) is 5.39. The Balaban J connectivity index is 2.96. The fraction of sp³-hybridized carbons (Fsp3) is 0.333. The van der Waals surface area contributed by atoms with Gasteiger partial charge in [-0.1, -0.05) is 20.8 Å². The number of carbonyl (C=O) groups excluding carboxylic acids is 1. The number of hydrogen-bond acceptors (Lipinski definition) is 4. The number of anilines is 1. The zero-order chi connectivity index (χ0) is 14.6. The number of nitrogens with one attached hydrogen (secondary N) is 1. The van der Waals surface area contributed by atoms with E-state index in [0.29, 0.717) is 0 Å². The van der Waals surface area contributed by atoms with Crippen molar-refractivity contribution in [3.63, 3.8) is 0 Å². The standard InChI is InChI=1S/C15H18N2O2/c1-10-7-12(18)5-6-13(10)17-9-11(8-16)14(19)15(2,3)4/h5-7,9,17-18H,1-4H3. The SMILES string of the molecule is Cc1cc(O)ccc1NC=C(C#N)C(=O)C(C)(C)C. The highest BCUT2D eigenvalue weighted by Gasteiger charge is 2.24. The van der Waals surface area contributed by atoms with Crippen molar-refractivity contribution in [3.8, 4) is 11.8 Å². The third kappa shape index (κ3) is 3.85. The number of phenolic OH excluding ortho intramolecular Hbond substituents is 1. The fourth-order valence-corrected chi connectivity index (χ4v) is 1.51. The van der Waals surface area contributed by atoms with Crippen LogP contribution in [0.25, 0.3) is 0 Å². The number of allylic oxidation sites excluding steroid dienone is 1. The molecule has 0 unspecified atom stereocenters. The first-order chi connectivity index (χ1) is 8.75. The Bertz CT molecular complexity index is 560. The average Bonchev–Trinajstić information content (AvgIpc) is 2.30. The number of aromatic hydroxyl groups is 1. The summed E-state index contributed by atoms with van der Waals surface area (Å²) in [7, 11) is 0. The van der Waals surface area contributed by atoms with Crippen LogP contribution >= 0.6 is 0 Å². The summed E-state index contributed by atoms with van der Waals surface area (Å²) in [5.74, 6) is -0.0303. The summed E-state index contributed by atoms with van der Waals surface area (Å²) in [4.78, 5) is 12.0. The van der Waals surface area contributed by atoms with Crippen molar-refractivity contribution < 1.29 is 9.90 Å². The summed E-state index contributed by atoms with van der Waals surface area (Å²) < 4.78 is 0. The largest absolute Gasteiger partial charge is 0.508 e. The molecule has 0 aliphatic heterocycles. The van der Waals surface area contributed by atoms with Crippen LogP contribution in [0.1, 0.15) is 26.3 Å². The fourth-order valence-electron chi connectivity index (χ4n) is 1.51. The first-order valence-electron chi connectivity index (χ1n) is 5.97. The molecule has 1 aromatic carbocycles. The van der Waals surface area contributed by atoms with E-state index in [1.807, 2.05) is 13.0 Å². The topological polar surface area (TPSA) is 73.1 Å². The van der Waals surface area contributed by atoms with Gasteiger partial charge in [-0.05, 0) is 30.7 Å². The molecular weight excluding hydrogens is 240 g/mol. The van der Waals surface area contributed by atoms with Crippen LogP contribution in [0.2, 0.25) is 0 Å². The number of nitrogens with zero attached hydrogens (tertiary/aromatic N) is 1. The van der Waals surface area contributed by atoms with Crippen LogP contribution in [0.5, 0.6) is 5.75 Å². The molecule has 2 N–H and O–H groups in total. The molecule has 0 radical (unpaired) electrons. The first-order valence-corrected chi connectivity index (χ1v) is 5.97. The van der Waals surface area contributed by atoms with Gasteiger partial charge in [-0.3, -0.25) is 4.79 Å². The molecule has 0 aromatic heterocycles. The zero-order valence-corrected chi connectivity index (χ0v) is 11.6. The number of rotatable bonds is 3. The number of carbonyl (C=O) groups is 1. The summed E-state index contributed by atoms with van der Waals surface area (Å²) in [6, 6.07) is 6.75. The lowest BCUT2D eigenvalue weighted by Crippen LogP contribution is -2.22. The molecule has 0 heterocycles. The third-order valence-corrected chi connectivity index (χ3v) is 2.63. The van der Waals surface area contributed by atoms with Crippen molar-refractivity contribution in [1.29, 1.82) is 5.26 Å². The molecule has 19 heavy (non-hydrogen) atoms. The van der Waals surface area contributed by atoms with Gasteiger partial charge in [0.05, 0.1) is 0 Å². The molecule has 0 bridgehead atoms. The van der Waals surface area contributed by atoms with E-state index in [9.17, 15) is 9.90 Å². The number of nitriles is 1. The van der Waals surface area contributed by atoms with E-state index in [0.717, 1.165) is 11.3 Å². The Labute approximate surface area is 113 Å². The third-order valence-electron chi connectivity index (χ3n) is 2.63. The van der Waals surface area contributed by atoms with Gasteiger partial charge in [0.1, 0.15) is 17.4 Å². The number of aryl methyl sites for hydroxylation is 1. The van der Waals surface area contributed by atoms with E-state index < -0.39 is 5.41 Å². The van der Waals surface area contributed by atoms with Crippen molar-refractivity contribution in [2.45, 2.75) is 27.7 Å². The number of benzene rings is 1. The minimum atomic E-state index is -0.590. The first kappa shape index (κ1) is 14.8. The van der Waals surface area contributed by atoms with Gasteiger partial charge in [0.2, 0.25) is 0 Å². The van der Waals surface area contributed by atoms with Gasteiger partial charge < -0.3 is 10.4 Å². The lowest BCUT2D eigenvalue weighted by atomic mass is 9.87. The van der Waals surface area contributed by atoms with Crippen LogP contribution < -0.4 is 5.32 Å². The molecule has 0 spiro atoms. The van der Waals surface area contributed by atoms with Crippen LogP contribution in [-0.2, 0) is 4.79 Å². The highest BCUT2D eigenvalue weighted by molar-refractivity contribution is 6.02. The Kier molecular flexibility index (Phi) is 4.34. The van der Waals surface area contributed by atoms with Crippen LogP contribution in [0, 0.1) is 23.7 Å². The number of hydrogen-bond donors (Lipinski definition) is 2. The molecule has 0 fully saturated rings. The molecule has 0 amide bonds. The summed E-state index contributed by atoms with van der Waals surface area (Å²) in [6.07, 6.45) is 1.41. The quantitative estimate of drug-likeness (QED) is 0.496. The van der Waals surface area contributed by atoms with E-state index >= 15 is 0 Å². The van der Waals surface area contributed by atoms with Gasteiger partial charge in [0, 0.05) is 17.3 Å². The maximum atomic E-state index is 12.0. The van der Waals surface area contributed by atoms with Gasteiger partial charge in [-0.15, -0.1) is 0 Å². The Morgan fingerprint density at radius 2 is 2.05 bits per heavy atom. The number of ketones is 1. The maximum absolute atomic E-state index is 12.0. The van der Waals surface area contributed by atoms with Gasteiger partial charge in [-0.25, -0.2) is 0 Å². The van der Waals surface area contributed by atoms with Crippen LogP contribution in [0.15, 0.2) is 30.0 Å². The molecule has 0 aliphatic rings. The molecule has 0 aliphatic carbocycles. The Morgan fingerprint density at radius 3 is 2.53 bits per heavy atom. The summed E-state index contributed by atoms with van der Waals surface area (Å²) >= 11 is 0. The van der Waals surface area contributed by atoms with Crippen LogP contribution in [-0.4, -0.2) is 10.9 Å². The predicted octanol–water partition coefficient (Wildman–Crippen LogP) is 3.14. The number of phenols is 1. The molecule has 1 rings (SSSR count). The molecule has 100 valence electrons. The second kappa shape index (κ2) is 5.57. The Hall–Kier alpha value is -2.28. The second-order valence-corrected chi connectivity index (χ2v) is 5.39.